The number of rotatable bonds is 2. The molecule has 0 radical (unpaired) electrons. The third kappa shape index (κ3) is 3.13. The van der Waals surface area contributed by atoms with E-state index in [0.717, 1.165) is 26.2 Å². The smallest absolute Gasteiger partial charge is 0.0603 e. The van der Waals surface area contributed by atoms with Gasteiger partial charge in [-0.2, -0.15) is 0 Å². The molecule has 0 spiro atoms. The van der Waals surface area contributed by atoms with Crippen molar-refractivity contribution in [1.82, 2.24) is 5.32 Å². The van der Waals surface area contributed by atoms with Crippen LogP contribution < -0.4 is 15.1 Å². The Kier molecular flexibility index (Phi) is 4.26. The molecule has 94 valence electrons. The second kappa shape index (κ2) is 5.92. The first-order valence-electron chi connectivity index (χ1n) is 6.51. The number of anilines is 2. The van der Waals surface area contributed by atoms with Crippen LogP contribution in [0.1, 0.15) is 12.8 Å². The Hall–Kier alpha value is -1.22. The van der Waals surface area contributed by atoms with Gasteiger partial charge < -0.3 is 15.1 Å². The second-order valence-corrected chi connectivity index (χ2v) is 4.83. The molecule has 17 heavy (non-hydrogen) atoms. The molecule has 1 aliphatic heterocycles. The van der Waals surface area contributed by atoms with Crippen LogP contribution in [0.3, 0.4) is 0 Å². The van der Waals surface area contributed by atoms with Gasteiger partial charge in [0.15, 0.2) is 0 Å². The lowest BCUT2D eigenvalue weighted by Gasteiger charge is -2.30. The molecule has 0 saturated carbocycles. The minimum Gasteiger partial charge on any atom is -0.376 e. The molecule has 1 heterocycles. The summed E-state index contributed by atoms with van der Waals surface area (Å²) in [6.45, 7) is 4.58. The molecule has 0 amide bonds. The number of para-hydroxylation sites is 2. The molecule has 1 N–H and O–H groups in total. The van der Waals surface area contributed by atoms with Crippen molar-refractivity contribution in [3.8, 4) is 0 Å². The van der Waals surface area contributed by atoms with Crippen LogP contribution in [-0.4, -0.2) is 40.3 Å². The highest BCUT2D eigenvalue weighted by atomic mass is 15.2. The fourth-order valence-electron chi connectivity index (χ4n) is 2.38. The van der Waals surface area contributed by atoms with E-state index in [1.807, 2.05) is 0 Å². The number of hydrogen-bond donors (Lipinski definition) is 1. The minimum atomic E-state index is 1.14. The van der Waals surface area contributed by atoms with E-state index in [1.54, 1.807) is 0 Å². The van der Waals surface area contributed by atoms with Gasteiger partial charge in [0.1, 0.15) is 0 Å². The van der Waals surface area contributed by atoms with Gasteiger partial charge in [0.05, 0.1) is 11.4 Å². The van der Waals surface area contributed by atoms with Crippen LogP contribution in [0.4, 0.5) is 11.4 Å². The van der Waals surface area contributed by atoms with Crippen molar-refractivity contribution in [3.05, 3.63) is 24.3 Å². The van der Waals surface area contributed by atoms with E-state index in [1.165, 1.54) is 24.2 Å². The Labute approximate surface area is 104 Å². The lowest BCUT2D eigenvalue weighted by Crippen LogP contribution is -2.34. The van der Waals surface area contributed by atoms with E-state index in [-0.39, 0.29) is 0 Å². The molecule has 1 aromatic carbocycles. The number of benzene rings is 1. The van der Waals surface area contributed by atoms with Crippen molar-refractivity contribution in [3.63, 3.8) is 0 Å². The molecule has 1 fully saturated rings. The normalized spacial score (nSPS) is 17.4. The summed E-state index contributed by atoms with van der Waals surface area (Å²) in [5, 5.41) is 3.46. The molecule has 3 heteroatoms. The summed E-state index contributed by atoms with van der Waals surface area (Å²) in [6, 6.07) is 8.69. The van der Waals surface area contributed by atoms with Gasteiger partial charge in [-0.15, -0.1) is 0 Å². The lowest BCUT2D eigenvalue weighted by molar-refractivity contribution is 0.567. The van der Waals surface area contributed by atoms with Crippen LogP contribution in [0, 0.1) is 0 Å². The van der Waals surface area contributed by atoms with Crippen molar-refractivity contribution in [2.75, 3.05) is 50.1 Å². The fraction of sp³-hybridized carbons (Fsp3) is 0.571. The topological polar surface area (TPSA) is 18.5 Å². The van der Waals surface area contributed by atoms with Crippen molar-refractivity contribution >= 4 is 11.4 Å². The van der Waals surface area contributed by atoms with Crippen LogP contribution in [0.5, 0.6) is 0 Å². The first-order valence-corrected chi connectivity index (χ1v) is 6.51. The van der Waals surface area contributed by atoms with E-state index in [0.29, 0.717) is 0 Å². The van der Waals surface area contributed by atoms with Gasteiger partial charge in [0.2, 0.25) is 0 Å². The average molecular weight is 233 g/mol. The molecular weight excluding hydrogens is 210 g/mol. The highest BCUT2D eigenvalue weighted by molar-refractivity contribution is 5.70. The summed E-state index contributed by atoms with van der Waals surface area (Å²) < 4.78 is 0. The Morgan fingerprint density at radius 1 is 1.06 bits per heavy atom. The van der Waals surface area contributed by atoms with Crippen molar-refractivity contribution in [2.24, 2.45) is 0 Å². The van der Waals surface area contributed by atoms with Crippen LogP contribution in [0.25, 0.3) is 0 Å². The van der Waals surface area contributed by atoms with E-state index >= 15 is 0 Å². The van der Waals surface area contributed by atoms with Gasteiger partial charge in [-0.25, -0.2) is 0 Å². The molecule has 3 nitrogen and oxygen atoms in total. The predicted octanol–water partition coefficient (Wildman–Crippen LogP) is 1.94. The summed E-state index contributed by atoms with van der Waals surface area (Å²) >= 11 is 0. The van der Waals surface area contributed by atoms with Crippen LogP contribution in [0.15, 0.2) is 24.3 Å². The van der Waals surface area contributed by atoms with Crippen molar-refractivity contribution < 1.29 is 0 Å². The number of nitrogens with one attached hydrogen (secondary N) is 1. The van der Waals surface area contributed by atoms with E-state index < -0.39 is 0 Å². The SMILES string of the molecule is CN(C)c1ccccc1N1CCCNCCC1. The van der Waals surface area contributed by atoms with Crippen molar-refractivity contribution in [1.29, 1.82) is 0 Å². The molecule has 1 saturated heterocycles. The van der Waals surface area contributed by atoms with Crippen molar-refractivity contribution in [2.45, 2.75) is 12.8 Å². The summed E-state index contributed by atoms with van der Waals surface area (Å²) in [5.74, 6) is 0. The Morgan fingerprint density at radius 3 is 2.35 bits per heavy atom. The van der Waals surface area contributed by atoms with E-state index in [4.69, 9.17) is 0 Å². The van der Waals surface area contributed by atoms with Gasteiger partial charge in [0, 0.05) is 27.2 Å². The zero-order chi connectivity index (χ0) is 12.1. The largest absolute Gasteiger partial charge is 0.376 e. The third-order valence-corrected chi connectivity index (χ3v) is 3.27. The fourth-order valence-corrected chi connectivity index (χ4v) is 2.38. The maximum atomic E-state index is 3.46. The zero-order valence-electron chi connectivity index (χ0n) is 10.9. The summed E-state index contributed by atoms with van der Waals surface area (Å²) in [4.78, 5) is 4.72. The average Bonchev–Trinajstić information content (AvgIpc) is 2.28. The van der Waals surface area contributed by atoms with E-state index in [9.17, 15) is 0 Å². The molecule has 0 aromatic heterocycles. The molecule has 0 unspecified atom stereocenters. The molecular formula is C14H23N3. The van der Waals surface area contributed by atoms with Gasteiger partial charge in [-0.3, -0.25) is 0 Å². The molecule has 1 aromatic rings. The minimum absolute atomic E-state index is 1.14. The Morgan fingerprint density at radius 2 is 1.71 bits per heavy atom. The standard InChI is InChI=1S/C14H23N3/c1-16(2)13-7-3-4-8-14(13)17-11-5-9-15-10-6-12-17/h3-4,7-8,15H,5-6,9-12H2,1-2H3. The highest BCUT2D eigenvalue weighted by Crippen LogP contribution is 2.28. The van der Waals surface area contributed by atoms with Crippen LogP contribution >= 0.6 is 0 Å². The lowest BCUT2D eigenvalue weighted by atomic mass is 10.2. The summed E-state index contributed by atoms with van der Waals surface area (Å²) in [6.07, 6.45) is 2.45. The first kappa shape index (κ1) is 12.2. The highest BCUT2D eigenvalue weighted by Gasteiger charge is 2.12. The molecule has 1 aliphatic rings. The first-order chi connectivity index (χ1) is 8.29. The predicted molar refractivity (Wildman–Crippen MR) is 75.1 cm³/mol. The van der Waals surface area contributed by atoms with Gasteiger partial charge in [-0.1, -0.05) is 12.1 Å². The van der Waals surface area contributed by atoms with Crippen LogP contribution in [0.2, 0.25) is 0 Å². The Bertz CT molecular complexity index is 341. The van der Waals surface area contributed by atoms with Crippen LogP contribution in [-0.2, 0) is 0 Å². The molecule has 0 bridgehead atoms. The number of nitrogens with zero attached hydrogens (tertiary/aromatic N) is 2. The molecule has 0 atom stereocenters. The molecule has 2 rings (SSSR count). The summed E-state index contributed by atoms with van der Waals surface area (Å²) in [7, 11) is 4.23. The maximum Gasteiger partial charge on any atom is 0.0603 e. The quantitative estimate of drug-likeness (QED) is 0.842. The summed E-state index contributed by atoms with van der Waals surface area (Å²) in [5.41, 5.74) is 2.69. The monoisotopic (exact) mass is 233 g/mol. The number of hydrogen-bond acceptors (Lipinski definition) is 3. The third-order valence-electron chi connectivity index (χ3n) is 3.27. The molecule has 0 aliphatic carbocycles. The Balaban J connectivity index is 2.18. The second-order valence-electron chi connectivity index (χ2n) is 4.83. The maximum absolute atomic E-state index is 3.46. The van der Waals surface area contributed by atoms with Gasteiger partial charge in [0.25, 0.3) is 0 Å². The van der Waals surface area contributed by atoms with E-state index in [2.05, 4.69) is 53.5 Å². The zero-order valence-corrected chi connectivity index (χ0v) is 10.9. The van der Waals surface area contributed by atoms with Gasteiger partial charge >= 0.3 is 0 Å². The van der Waals surface area contributed by atoms with Gasteiger partial charge in [-0.05, 0) is 38.1 Å².